The van der Waals surface area contributed by atoms with E-state index in [0.29, 0.717) is 0 Å². The fourth-order valence-corrected chi connectivity index (χ4v) is 3.58. The molecule has 1 aliphatic heterocycles. The van der Waals surface area contributed by atoms with Gasteiger partial charge in [0.2, 0.25) is 0 Å². The summed E-state index contributed by atoms with van der Waals surface area (Å²) < 4.78 is 0. The zero-order valence-electron chi connectivity index (χ0n) is 14.6. The van der Waals surface area contributed by atoms with E-state index >= 15 is 0 Å². The summed E-state index contributed by atoms with van der Waals surface area (Å²) in [7, 11) is 2.15. The molecule has 0 spiro atoms. The molecule has 2 heteroatoms. The third-order valence-corrected chi connectivity index (χ3v) is 4.83. The molecule has 0 saturated carbocycles. The minimum absolute atomic E-state index is 0.185. The molecular formula is C23H22N2. The van der Waals surface area contributed by atoms with Crippen molar-refractivity contribution >= 4 is 5.70 Å². The maximum absolute atomic E-state index is 3.62. The lowest BCUT2D eigenvalue weighted by atomic mass is 10.0. The normalized spacial score (nSPS) is 16.9. The number of hydrogen-bond donors (Lipinski definition) is 1. The van der Waals surface area contributed by atoms with Gasteiger partial charge in [-0.25, -0.2) is 0 Å². The first-order valence-electron chi connectivity index (χ1n) is 8.65. The van der Waals surface area contributed by atoms with E-state index in [1.807, 2.05) is 0 Å². The molecule has 0 aromatic heterocycles. The Morgan fingerprint density at radius 1 is 0.680 bits per heavy atom. The monoisotopic (exact) mass is 326 g/mol. The van der Waals surface area contributed by atoms with Gasteiger partial charge in [-0.05, 0) is 29.2 Å². The summed E-state index contributed by atoms with van der Waals surface area (Å²) in [6.45, 7) is 2.15. The van der Waals surface area contributed by atoms with E-state index in [4.69, 9.17) is 0 Å². The van der Waals surface area contributed by atoms with Crippen molar-refractivity contribution in [2.75, 3.05) is 7.05 Å². The van der Waals surface area contributed by atoms with E-state index < -0.39 is 0 Å². The van der Waals surface area contributed by atoms with Crippen molar-refractivity contribution in [2.24, 2.45) is 0 Å². The van der Waals surface area contributed by atoms with Crippen molar-refractivity contribution < 1.29 is 0 Å². The molecule has 2 nitrogen and oxygen atoms in total. The predicted molar refractivity (Wildman–Crippen MR) is 105 cm³/mol. The van der Waals surface area contributed by atoms with Gasteiger partial charge in [0.1, 0.15) is 6.17 Å². The SMILES string of the molecule is CC1=C(c2ccc(-c3ccccc3)cc2)N(C)C(c2ccccc2)N1. The molecule has 0 bridgehead atoms. The minimum Gasteiger partial charge on any atom is -0.363 e. The Balaban J connectivity index is 1.62. The highest BCUT2D eigenvalue weighted by atomic mass is 15.3. The maximum atomic E-state index is 3.62. The molecule has 4 rings (SSSR count). The zero-order chi connectivity index (χ0) is 17.2. The molecule has 3 aromatic carbocycles. The second kappa shape index (κ2) is 6.48. The van der Waals surface area contributed by atoms with Gasteiger partial charge in [0.15, 0.2) is 0 Å². The van der Waals surface area contributed by atoms with E-state index in [0.717, 1.165) is 0 Å². The Labute approximate surface area is 149 Å². The van der Waals surface area contributed by atoms with Crippen LogP contribution in [-0.4, -0.2) is 11.9 Å². The lowest BCUT2D eigenvalue weighted by Crippen LogP contribution is -2.25. The number of benzene rings is 3. The van der Waals surface area contributed by atoms with Crippen LogP contribution in [0.4, 0.5) is 0 Å². The van der Waals surface area contributed by atoms with E-state index in [1.165, 1.54) is 33.6 Å². The van der Waals surface area contributed by atoms with Crippen LogP contribution in [0.5, 0.6) is 0 Å². The first-order valence-corrected chi connectivity index (χ1v) is 8.65. The summed E-state index contributed by atoms with van der Waals surface area (Å²) in [5.74, 6) is 0. The van der Waals surface area contributed by atoms with Crippen LogP contribution in [0.25, 0.3) is 16.8 Å². The largest absolute Gasteiger partial charge is 0.363 e. The van der Waals surface area contributed by atoms with E-state index in [1.54, 1.807) is 0 Å². The van der Waals surface area contributed by atoms with Gasteiger partial charge < -0.3 is 10.2 Å². The lowest BCUT2D eigenvalue weighted by molar-refractivity contribution is 0.352. The smallest absolute Gasteiger partial charge is 0.125 e. The lowest BCUT2D eigenvalue weighted by Gasteiger charge is -2.25. The number of nitrogens with one attached hydrogen (secondary N) is 1. The van der Waals surface area contributed by atoms with Crippen LogP contribution >= 0.6 is 0 Å². The third-order valence-electron chi connectivity index (χ3n) is 4.83. The van der Waals surface area contributed by atoms with Crippen molar-refractivity contribution in [1.29, 1.82) is 0 Å². The van der Waals surface area contributed by atoms with Crippen LogP contribution in [0.2, 0.25) is 0 Å². The second-order valence-corrected chi connectivity index (χ2v) is 6.49. The molecule has 1 atom stereocenters. The fraction of sp³-hybridized carbons (Fsp3) is 0.130. The minimum atomic E-state index is 0.185. The Morgan fingerprint density at radius 2 is 1.20 bits per heavy atom. The van der Waals surface area contributed by atoms with Gasteiger partial charge in [-0.1, -0.05) is 84.9 Å². The Kier molecular flexibility index (Phi) is 4.02. The Morgan fingerprint density at radius 3 is 1.84 bits per heavy atom. The van der Waals surface area contributed by atoms with Crippen molar-refractivity contribution in [3.63, 3.8) is 0 Å². The molecule has 25 heavy (non-hydrogen) atoms. The number of hydrogen-bond acceptors (Lipinski definition) is 2. The van der Waals surface area contributed by atoms with Gasteiger partial charge in [0, 0.05) is 12.7 Å². The van der Waals surface area contributed by atoms with Crippen LogP contribution in [-0.2, 0) is 0 Å². The van der Waals surface area contributed by atoms with Crippen LogP contribution in [0, 0.1) is 0 Å². The number of allylic oxidation sites excluding steroid dienone is 1. The van der Waals surface area contributed by atoms with Gasteiger partial charge in [0.25, 0.3) is 0 Å². The Hall–Kier alpha value is -3.00. The van der Waals surface area contributed by atoms with Crippen LogP contribution in [0.3, 0.4) is 0 Å². The van der Waals surface area contributed by atoms with Gasteiger partial charge in [-0.15, -0.1) is 0 Å². The molecule has 0 amide bonds. The fourth-order valence-electron chi connectivity index (χ4n) is 3.58. The highest BCUT2D eigenvalue weighted by Gasteiger charge is 2.28. The summed E-state index contributed by atoms with van der Waals surface area (Å²) in [6.07, 6.45) is 0.185. The molecule has 1 unspecified atom stereocenters. The maximum Gasteiger partial charge on any atom is 0.125 e. The van der Waals surface area contributed by atoms with Gasteiger partial charge in [-0.2, -0.15) is 0 Å². The molecule has 124 valence electrons. The first kappa shape index (κ1) is 15.5. The number of rotatable bonds is 3. The summed E-state index contributed by atoms with van der Waals surface area (Å²) in [5, 5.41) is 3.62. The second-order valence-electron chi connectivity index (χ2n) is 6.49. The molecule has 1 heterocycles. The topological polar surface area (TPSA) is 15.3 Å². The predicted octanol–water partition coefficient (Wildman–Crippen LogP) is 5.28. The average Bonchev–Trinajstić information content (AvgIpc) is 2.98. The summed E-state index contributed by atoms with van der Waals surface area (Å²) in [5.41, 5.74) is 7.48. The van der Waals surface area contributed by atoms with E-state index in [2.05, 4.69) is 109 Å². The van der Waals surface area contributed by atoms with Gasteiger partial charge in [0.05, 0.1) is 5.70 Å². The van der Waals surface area contributed by atoms with Crippen molar-refractivity contribution in [3.05, 3.63) is 102 Å². The molecule has 1 N–H and O–H groups in total. The quantitative estimate of drug-likeness (QED) is 0.705. The summed E-state index contributed by atoms with van der Waals surface area (Å²) in [6, 6.07) is 29.9. The highest BCUT2D eigenvalue weighted by molar-refractivity contribution is 5.72. The van der Waals surface area contributed by atoms with Crippen LogP contribution in [0.1, 0.15) is 24.2 Å². The number of nitrogens with zero attached hydrogens (tertiary/aromatic N) is 1. The standard InChI is InChI=1S/C23H22N2/c1-17-22(25(2)23(24-17)21-11-7-4-8-12-21)20-15-13-19(14-16-20)18-9-5-3-6-10-18/h3-16,23-24H,1-2H3. The molecule has 0 radical (unpaired) electrons. The molecule has 0 aliphatic carbocycles. The van der Waals surface area contributed by atoms with Crippen molar-refractivity contribution in [2.45, 2.75) is 13.1 Å². The summed E-state index contributed by atoms with van der Waals surface area (Å²) in [4.78, 5) is 2.32. The van der Waals surface area contributed by atoms with E-state index in [-0.39, 0.29) is 6.17 Å². The van der Waals surface area contributed by atoms with Crippen molar-refractivity contribution in [3.8, 4) is 11.1 Å². The molecular weight excluding hydrogens is 304 g/mol. The zero-order valence-corrected chi connectivity index (χ0v) is 14.6. The Bertz CT molecular complexity index is 880. The van der Waals surface area contributed by atoms with Crippen molar-refractivity contribution in [1.82, 2.24) is 10.2 Å². The first-order chi connectivity index (χ1) is 12.2. The summed E-state index contributed by atoms with van der Waals surface area (Å²) >= 11 is 0. The van der Waals surface area contributed by atoms with Gasteiger partial charge >= 0.3 is 0 Å². The molecule has 0 fully saturated rings. The van der Waals surface area contributed by atoms with Crippen LogP contribution < -0.4 is 5.32 Å². The average molecular weight is 326 g/mol. The highest BCUT2D eigenvalue weighted by Crippen LogP contribution is 2.35. The molecule has 1 aliphatic rings. The van der Waals surface area contributed by atoms with Crippen LogP contribution in [0.15, 0.2) is 90.6 Å². The third kappa shape index (κ3) is 2.91. The molecule has 3 aromatic rings. The van der Waals surface area contributed by atoms with E-state index in [9.17, 15) is 0 Å². The van der Waals surface area contributed by atoms with Gasteiger partial charge in [-0.3, -0.25) is 0 Å². The molecule has 0 saturated heterocycles.